The normalized spacial score (nSPS) is 19.6. The molecule has 0 aliphatic heterocycles. The number of ether oxygens (including phenoxy) is 1. The lowest BCUT2D eigenvalue weighted by Crippen LogP contribution is -2.30. The highest BCUT2D eigenvalue weighted by atomic mass is 31.2. The smallest absolute Gasteiger partial charge is 0.377 e. The third-order valence-corrected chi connectivity index (χ3v) is 8.00. The molecule has 8 nitrogen and oxygen atoms in total. The van der Waals surface area contributed by atoms with Crippen molar-refractivity contribution in [3.8, 4) is 5.75 Å². The molecule has 0 saturated carbocycles. The zero-order valence-corrected chi connectivity index (χ0v) is 16.0. The van der Waals surface area contributed by atoms with E-state index in [9.17, 15) is 24.0 Å². The van der Waals surface area contributed by atoms with Gasteiger partial charge in [-0.1, -0.05) is 12.1 Å². The van der Waals surface area contributed by atoms with Crippen LogP contribution in [0, 0.1) is 0 Å². The Bertz CT molecular complexity index is 611. The fourth-order valence-electron chi connectivity index (χ4n) is 2.02. The predicted molar refractivity (Wildman–Crippen MR) is 89.0 cm³/mol. The summed E-state index contributed by atoms with van der Waals surface area (Å²) in [6.45, 7) is 5.84. The molecule has 0 amide bonds. The van der Waals surface area contributed by atoms with Crippen molar-refractivity contribution in [2.24, 2.45) is 0 Å². The van der Waals surface area contributed by atoms with Gasteiger partial charge in [-0.25, -0.2) is 0 Å². The van der Waals surface area contributed by atoms with Crippen LogP contribution in [0.1, 0.15) is 33.3 Å². The van der Waals surface area contributed by atoms with Gasteiger partial charge in [0, 0.05) is 5.56 Å². The maximum atomic E-state index is 12.7. The van der Waals surface area contributed by atoms with Gasteiger partial charge in [0.2, 0.25) is 0 Å². The summed E-state index contributed by atoms with van der Waals surface area (Å²) < 4.78 is 40.1. The van der Waals surface area contributed by atoms with Gasteiger partial charge in [-0.05, 0) is 39.8 Å². The number of rotatable bonds is 8. The summed E-state index contributed by atoms with van der Waals surface area (Å²) in [5.41, 5.74) is -0.290. The summed E-state index contributed by atoms with van der Waals surface area (Å²) in [7, 11) is -8.62. The average molecular weight is 382 g/mol. The number of hydrogen-bond donors (Lipinski definition) is 3. The minimum absolute atomic E-state index is 0.290. The van der Waals surface area contributed by atoms with E-state index in [1.807, 2.05) is 0 Å². The Morgan fingerprint density at radius 3 is 1.58 bits per heavy atom. The van der Waals surface area contributed by atoms with E-state index in [-0.39, 0.29) is 5.56 Å². The molecule has 0 aliphatic rings. The average Bonchev–Trinajstić information content (AvgIpc) is 2.43. The van der Waals surface area contributed by atoms with Crippen molar-refractivity contribution >= 4 is 15.2 Å². The largest absolute Gasteiger partial charge is 0.497 e. The number of aliphatic hydroxyl groups is 1. The molecule has 2 atom stereocenters. The summed E-state index contributed by atoms with van der Waals surface area (Å²) >= 11 is 0. The Morgan fingerprint density at radius 2 is 1.29 bits per heavy atom. The van der Waals surface area contributed by atoms with Crippen molar-refractivity contribution in [1.29, 1.82) is 0 Å². The van der Waals surface area contributed by atoms with Crippen LogP contribution in [0.15, 0.2) is 24.3 Å². The Balaban J connectivity index is 3.56. The van der Waals surface area contributed by atoms with Crippen LogP contribution < -0.4 is 4.74 Å². The zero-order chi connectivity index (χ0) is 18.8. The van der Waals surface area contributed by atoms with E-state index >= 15 is 0 Å². The Hall–Kier alpha value is -0.720. The van der Waals surface area contributed by atoms with Crippen LogP contribution >= 0.6 is 15.2 Å². The second-order valence-electron chi connectivity index (χ2n) is 5.71. The van der Waals surface area contributed by atoms with Crippen molar-refractivity contribution in [2.45, 2.75) is 45.0 Å². The van der Waals surface area contributed by atoms with Gasteiger partial charge in [0.25, 0.3) is 5.08 Å². The molecule has 1 rings (SSSR count). The van der Waals surface area contributed by atoms with Crippen molar-refractivity contribution in [2.75, 3.05) is 7.11 Å². The molecule has 1 aromatic carbocycles. The van der Waals surface area contributed by atoms with Gasteiger partial charge in [0.1, 0.15) is 5.75 Å². The molecule has 0 spiro atoms. The molecule has 0 heterocycles. The highest BCUT2D eigenvalue weighted by Gasteiger charge is 2.64. The standard InChI is InChI=1S/C14H24O8P2/c1-10(2)21-23(16,17)14(15,24(18,19)22-11(3)4)12-6-8-13(20-5)9-7-12/h6-11,15H,1-5H3,(H,16,17)(H,18,19). The van der Waals surface area contributed by atoms with Gasteiger partial charge in [0.15, 0.2) is 0 Å². The van der Waals surface area contributed by atoms with Crippen LogP contribution in [-0.4, -0.2) is 34.2 Å². The lowest BCUT2D eigenvalue weighted by molar-refractivity contribution is 0.0832. The van der Waals surface area contributed by atoms with Crippen LogP contribution in [0.5, 0.6) is 5.75 Å². The van der Waals surface area contributed by atoms with Crippen LogP contribution in [0.2, 0.25) is 0 Å². The number of hydrogen-bond acceptors (Lipinski definition) is 6. The van der Waals surface area contributed by atoms with E-state index < -0.39 is 32.5 Å². The Labute approximate surface area is 141 Å². The quantitative estimate of drug-likeness (QED) is 0.587. The molecular weight excluding hydrogens is 358 g/mol. The zero-order valence-electron chi connectivity index (χ0n) is 14.2. The SMILES string of the molecule is COc1ccc(C(O)(P(=O)(O)OC(C)C)P(=O)(O)OC(C)C)cc1. The molecule has 0 radical (unpaired) electrons. The summed E-state index contributed by atoms with van der Waals surface area (Å²) in [6.07, 6.45) is -1.55. The lowest BCUT2D eigenvalue weighted by Gasteiger charge is -2.35. The van der Waals surface area contributed by atoms with E-state index in [1.54, 1.807) is 0 Å². The molecule has 0 aromatic heterocycles. The van der Waals surface area contributed by atoms with Gasteiger partial charge >= 0.3 is 15.2 Å². The van der Waals surface area contributed by atoms with Crippen molar-refractivity contribution in [3.63, 3.8) is 0 Å². The molecule has 0 aliphatic carbocycles. The highest BCUT2D eigenvalue weighted by molar-refractivity contribution is 7.72. The van der Waals surface area contributed by atoms with E-state index in [4.69, 9.17) is 13.8 Å². The third-order valence-electron chi connectivity index (χ3n) is 2.97. The van der Waals surface area contributed by atoms with Crippen LogP contribution in [0.3, 0.4) is 0 Å². The van der Waals surface area contributed by atoms with Gasteiger partial charge < -0.3 is 28.7 Å². The minimum Gasteiger partial charge on any atom is -0.497 e. The molecule has 0 bridgehead atoms. The van der Waals surface area contributed by atoms with E-state index in [2.05, 4.69) is 0 Å². The molecule has 10 heteroatoms. The molecule has 0 saturated heterocycles. The molecule has 3 N–H and O–H groups in total. The van der Waals surface area contributed by atoms with E-state index in [0.717, 1.165) is 0 Å². The van der Waals surface area contributed by atoms with Gasteiger partial charge in [0.05, 0.1) is 19.3 Å². The molecule has 1 aromatic rings. The minimum atomic E-state index is -5.02. The molecule has 0 fully saturated rings. The predicted octanol–water partition coefficient (Wildman–Crippen LogP) is 3.02. The van der Waals surface area contributed by atoms with Gasteiger partial charge in [-0.3, -0.25) is 9.13 Å². The monoisotopic (exact) mass is 382 g/mol. The van der Waals surface area contributed by atoms with Crippen LogP contribution in [0.4, 0.5) is 0 Å². The molecule has 24 heavy (non-hydrogen) atoms. The van der Waals surface area contributed by atoms with Gasteiger partial charge in [-0.15, -0.1) is 0 Å². The second-order valence-corrected chi connectivity index (χ2v) is 9.86. The first-order valence-corrected chi connectivity index (χ1v) is 10.4. The third kappa shape index (κ3) is 4.27. The van der Waals surface area contributed by atoms with Crippen molar-refractivity contribution in [3.05, 3.63) is 29.8 Å². The van der Waals surface area contributed by atoms with E-state index in [0.29, 0.717) is 5.75 Å². The van der Waals surface area contributed by atoms with Crippen LogP contribution in [0.25, 0.3) is 0 Å². The number of methoxy groups -OCH3 is 1. The lowest BCUT2D eigenvalue weighted by atomic mass is 10.2. The first kappa shape index (κ1) is 21.3. The maximum Gasteiger partial charge on any atom is 0.377 e. The molecular formula is C14H24O8P2. The van der Waals surface area contributed by atoms with Gasteiger partial charge in [-0.2, -0.15) is 0 Å². The number of benzene rings is 1. The van der Waals surface area contributed by atoms with Crippen molar-refractivity contribution in [1.82, 2.24) is 0 Å². The Kier molecular flexibility index (Phi) is 6.81. The topological polar surface area (TPSA) is 123 Å². The summed E-state index contributed by atoms with van der Waals surface area (Å²) in [5.74, 6) is 0.399. The van der Waals surface area contributed by atoms with Crippen LogP contribution in [-0.2, 0) is 23.3 Å². The maximum absolute atomic E-state index is 12.7. The van der Waals surface area contributed by atoms with E-state index in [1.165, 1.54) is 59.1 Å². The summed E-state index contributed by atoms with van der Waals surface area (Å²) in [4.78, 5) is 20.5. The first-order valence-electron chi connectivity index (χ1n) is 7.27. The fraction of sp³-hybridized carbons (Fsp3) is 0.571. The summed E-state index contributed by atoms with van der Waals surface area (Å²) in [6, 6.07) is 5.17. The highest BCUT2D eigenvalue weighted by Crippen LogP contribution is 2.77. The summed E-state index contributed by atoms with van der Waals surface area (Å²) in [5, 5.41) is 7.74. The second kappa shape index (κ2) is 7.67. The Morgan fingerprint density at radius 1 is 0.917 bits per heavy atom. The fourth-order valence-corrected chi connectivity index (χ4v) is 5.97. The molecule has 2 unspecified atom stereocenters. The molecule has 138 valence electrons. The van der Waals surface area contributed by atoms with Crippen molar-refractivity contribution < 1.29 is 37.8 Å². The first-order chi connectivity index (χ1) is 10.9.